The lowest BCUT2D eigenvalue weighted by atomic mass is 9.94. The first-order chi connectivity index (χ1) is 18.7. The summed E-state index contributed by atoms with van der Waals surface area (Å²) in [6.45, 7) is 11.3. The van der Waals surface area contributed by atoms with Gasteiger partial charge in [0.15, 0.2) is 0 Å². The predicted octanol–water partition coefficient (Wildman–Crippen LogP) is 4.79. The second-order valence-electron chi connectivity index (χ2n) is 11.6. The van der Waals surface area contributed by atoms with E-state index >= 15 is 0 Å². The molecule has 206 valence electrons. The van der Waals surface area contributed by atoms with E-state index in [-0.39, 0.29) is 0 Å². The quantitative estimate of drug-likeness (QED) is 0.616. The molecule has 1 aromatic heterocycles. The maximum atomic E-state index is 6.26. The summed E-state index contributed by atoms with van der Waals surface area (Å²) in [6.07, 6.45) is 9.29. The summed E-state index contributed by atoms with van der Waals surface area (Å²) in [6, 6.07) is 6.25. The highest BCUT2D eigenvalue weighted by molar-refractivity contribution is 5.59. The molecule has 6 bridgehead atoms. The van der Waals surface area contributed by atoms with Crippen molar-refractivity contribution in [3.63, 3.8) is 0 Å². The van der Waals surface area contributed by atoms with Crippen LogP contribution in [0.2, 0.25) is 0 Å². The first-order valence-corrected chi connectivity index (χ1v) is 14.7. The van der Waals surface area contributed by atoms with Crippen LogP contribution in [-0.2, 0) is 16.1 Å². The standard InChI is InChI=1S/C30H43N5O3/c1-22-18-31-30-32-27-4-5-28(38-15-13-34-9-2-3-10-34)26(17-27)21-37-20-25-16-24(25)19-36-14-8-23-6-11-35(12-7-23)29(22)33-30/h4-5,17-18,23-25H,2-3,6-16,19-21H2,1H3,(H,31,32,33)/t24?,25-/m0/s1. The van der Waals surface area contributed by atoms with Gasteiger partial charge < -0.3 is 24.4 Å². The van der Waals surface area contributed by atoms with Gasteiger partial charge in [-0.05, 0) is 94.5 Å². The summed E-state index contributed by atoms with van der Waals surface area (Å²) in [7, 11) is 0. The third kappa shape index (κ3) is 6.58. The minimum absolute atomic E-state index is 0.536. The van der Waals surface area contributed by atoms with Gasteiger partial charge in [-0.2, -0.15) is 4.98 Å². The summed E-state index contributed by atoms with van der Waals surface area (Å²) in [5.41, 5.74) is 3.14. The van der Waals surface area contributed by atoms with Crippen molar-refractivity contribution < 1.29 is 14.2 Å². The lowest BCUT2D eigenvalue weighted by Crippen LogP contribution is -2.35. The molecule has 0 radical (unpaired) electrons. The van der Waals surface area contributed by atoms with E-state index in [0.717, 1.165) is 80.2 Å². The number of rotatable bonds is 4. The van der Waals surface area contributed by atoms with E-state index in [9.17, 15) is 0 Å². The topological polar surface area (TPSA) is 72.0 Å². The molecule has 7 rings (SSSR count). The summed E-state index contributed by atoms with van der Waals surface area (Å²) < 4.78 is 18.6. The van der Waals surface area contributed by atoms with Crippen LogP contribution in [0.3, 0.4) is 0 Å². The maximum Gasteiger partial charge on any atom is 0.229 e. The molecule has 1 aliphatic carbocycles. The molecule has 2 aromatic rings. The van der Waals surface area contributed by atoms with Crippen LogP contribution in [-0.4, -0.2) is 74.0 Å². The second kappa shape index (κ2) is 12.2. The smallest absolute Gasteiger partial charge is 0.229 e. The molecule has 3 fully saturated rings. The Morgan fingerprint density at radius 3 is 2.68 bits per heavy atom. The van der Waals surface area contributed by atoms with E-state index in [1.807, 2.05) is 6.20 Å². The molecule has 5 aliphatic rings. The van der Waals surface area contributed by atoms with Gasteiger partial charge in [-0.3, -0.25) is 4.90 Å². The number of aryl methyl sites for hydroxylation is 1. The molecule has 0 amide bonds. The molecule has 2 saturated heterocycles. The number of hydrogen-bond acceptors (Lipinski definition) is 8. The Morgan fingerprint density at radius 1 is 1.03 bits per heavy atom. The Kier molecular flexibility index (Phi) is 8.28. The summed E-state index contributed by atoms with van der Waals surface area (Å²) in [5, 5.41) is 3.45. The lowest BCUT2D eigenvalue weighted by molar-refractivity contribution is 0.0824. The third-order valence-corrected chi connectivity index (χ3v) is 8.70. The molecule has 5 heterocycles. The normalized spacial score (nSPS) is 26.4. The fraction of sp³-hybridized carbons (Fsp3) is 0.667. The highest BCUT2D eigenvalue weighted by Crippen LogP contribution is 2.39. The number of hydrogen-bond donors (Lipinski definition) is 1. The second-order valence-corrected chi connectivity index (χ2v) is 11.6. The van der Waals surface area contributed by atoms with Crippen LogP contribution in [0.5, 0.6) is 5.75 Å². The Hall–Kier alpha value is -2.42. The van der Waals surface area contributed by atoms with Crippen LogP contribution in [0.15, 0.2) is 24.4 Å². The van der Waals surface area contributed by atoms with Crippen molar-refractivity contribution in [2.75, 3.05) is 69.4 Å². The number of anilines is 3. The number of piperidine rings is 1. The van der Waals surface area contributed by atoms with Crippen molar-refractivity contribution in [2.45, 2.75) is 52.1 Å². The van der Waals surface area contributed by atoms with Crippen molar-refractivity contribution in [3.05, 3.63) is 35.5 Å². The summed E-state index contributed by atoms with van der Waals surface area (Å²) >= 11 is 0. The summed E-state index contributed by atoms with van der Waals surface area (Å²) in [4.78, 5) is 14.4. The van der Waals surface area contributed by atoms with Crippen LogP contribution in [0.25, 0.3) is 0 Å². The van der Waals surface area contributed by atoms with Gasteiger partial charge in [0.1, 0.15) is 18.2 Å². The molecule has 1 saturated carbocycles. The number of nitrogens with zero attached hydrogens (tertiary/aromatic N) is 4. The van der Waals surface area contributed by atoms with Gasteiger partial charge in [-0.25, -0.2) is 4.98 Å². The molecular weight excluding hydrogens is 478 g/mol. The van der Waals surface area contributed by atoms with E-state index in [0.29, 0.717) is 31.0 Å². The Bertz CT molecular complexity index is 1070. The number of likely N-dealkylation sites (tertiary alicyclic amines) is 1. The van der Waals surface area contributed by atoms with Gasteiger partial charge >= 0.3 is 0 Å². The van der Waals surface area contributed by atoms with Gasteiger partial charge in [-0.1, -0.05) is 0 Å². The molecule has 2 atom stereocenters. The molecule has 8 heteroatoms. The van der Waals surface area contributed by atoms with Crippen LogP contribution in [0.1, 0.15) is 49.7 Å². The highest BCUT2D eigenvalue weighted by atomic mass is 16.5. The van der Waals surface area contributed by atoms with E-state index in [2.05, 4.69) is 45.2 Å². The van der Waals surface area contributed by atoms with Crippen molar-refractivity contribution in [2.24, 2.45) is 17.8 Å². The number of nitrogens with one attached hydrogen (secondary N) is 1. The van der Waals surface area contributed by atoms with Crippen LogP contribution in [0.4, 0.5) is 17.5 Å². The van der Waals surface area contributed by atoms with Gasteiger partial charge in [0.25, 0.3) is 0 Å². The minimum atomic E-state index is 0.536. The van der Waals surface area contributed by atoms with E-state index in [1.54, 1.807) is 0 Å². The maximum absolute atomic E-state index is 6.26. The lowest BCUT2D eigenvalue weighted by Gasteiger charge is -2.33. The average molecular weight is 522 g/mol. The molecule has 0 spiro atoms. The zero-order valence-electron chi connectivity index (χ0n) is 22.9. The first-order valence-electron chi connectivity index (χ1n) is 14.7. The monoisotopic (exact) mass is 521 g/mol. The van der Waals surface area contributed by atoms with E-state index in [4.69, 9.17) is 19.2 Å². The van der Waals surface area contributed by atoms with Crippen molar-refractivity contribution >= 4 is 17.5 Å². The number of ether oxygens (including phenoxy) is 3. The molecule has 1 unspecified atom stereocenters. The molecule has 8 nitrogen and oxygen atoms in total. The molecule has 1 N–H and O–H groups in total. The van der Waals surface area contributed by atoms with E-state index < -0.39 is 0 Å². The third-order valence-electron chi connectivity index (χ3n) is 8.70. The molecular formula is C30H43N5O3. The van der Waals surface area contributed by atoms with Gasteiger partial charge in [0.2, 0.25) is 5.95 Å². The zero-order chi connectivity index (χ0) is 25.7. The Labute approximate surface area is 227 Å². The van der Waals surface area contributed by atoms with Gasteiger partial charge in [0.05, 0.1) is 13.2 Å². The number of aromatic nitrogens is 2. The van der Waals surface area contributed by atoms with Gasteiger partial charge in [-0.15, -0.1) is 0 Å². The molecule has 38 heavy (non-hydrogen) atoms. The number of fused-ring (bicyclic) bond motifs is 7. The van der Waals surface area contributed by atoms with Crippen LogP contribution >= 0.6 is 0 Å². The van der Waals surface area contributed by atoms with Gasteiger partial charge in [0, 0.05) is 55.9 Å². The fourth-order valence-electron chi connectivity index (χ4n) is 6.10. The predicted molar refractivity (Wildman–Crippen MR) is 149 cm³/mol. The van der Waals surface area contributed by atoms with Crippen LogP contribution < -0.4 is 15.0 Å². The fourth-order valence-corrected chi connectivity index (χ4v) is 6.10. The number of benzene rings is 1. The zero-order valence-corrected chi connectivity index (χ0v) is 22.9. The summed E-state index contributed by atoms with van der Waals surface area (Å²) in [5.74, 6) is 4.58. The van der Waals surface area contributed by atoms with Crippen molar-refractivity contribution in [3.8, 4) is 5.75 Å². The SMILES string of the molecule is Cc1cnc2nc1N1CCC(CCOCC3C[C@H]3COCc3cc(ccc3OCCN3CCCC3)N2)CC1. The van der Waals surface area contributed by atoms with Crippen molar-refractivity contribution in [1.29, 1.82) is 0 Å². The molecule has 1 aromatic carbocycles. The molecule has 4 aliphatic heterocycles. The largest absolute Gasteiger partial charge is 0.492 e. The Balaban J connectivity index is 1.19. The Morgan fingerprint density at radius 2 is 1.84 bits per heavy atom. The van der Waals surface area contributed by atoms with Crippen molar-refractivity contribution in [1.82, 2.24) is 14.9 Å². The average Bonchev–Trinajstić information content (AvgIpc) is 3.46. The first kappa shape index (κ1) is 25.8. The minimum Gasteiger partial charge on any atom is -0.492 e. The van der Waals surface area contributed by atoms with Crippen LogP contribution in [0, 0.1) is 24.7 Å². The van der Waals surface area contributed by atoms with E-state index in [1.165, 1.54) is 45.2 Å². The highest BCUT2D eigenvalue weighted by Gasteiger charge is 2.37.